The molecule has 1 atom stereocenters. The van der Waals surface area contributed by atoms with Crippen molar-refractivity contribution in [3.8, 4) is 0 Å². The van der Waals surface area contributed by atoms with Crippen molar-refractivity contribution in [2.45, 2.75) is 245 Å². The fraction of sp³-hybridized carbons (Fsp3) is 1.00. The summed E-state index contributed by atoms with van der Waals surface area (Å²) in [5.41, 5.74) is 0. The van der Waals surface area contributed by atoms with Crippen molar-refractivity contribution in [1.29, 1.82) is 0 Å². The van der Waals surface area contributed by atoms with Gasteiger partial charge < -0.3 is 54.2 Å². The van der Waals surface area contributed by atoms with Gasteiger partial charge in [0.1, 0.15) is 0 Å². The summed E-state index contributed by atoms with van der Waals surface area (Å²) < 4.78 is 87.3. The Morgan fingerprint density at radius 2 is 0.456 bits per heavy atom. The SMILES string of the molecule is C[SiH](O)CC[Si](O[Si](C)(C)CC[Si](O[SiH](C)C)(O[SiH](C)C)O[Si](C)(C)C)(O[Si](C)(C)CC[Si](O[SiH](C)C)(O[SiH](C)C)O[Si](C)(C)C)O[Si](C)(C)CC[Si](O[Si](C)(C)C)(O[Si](C)(C)C)O[Si](C)(C)C. The molecule has 0 aliphatic heterocycles. The van der Waals surface area contributed by atoms with E-state index in [9.17, 15) is 4.80 Å². The molecule has 0 fully saturated rings. The summed E-state index contributed by atoms with van der Waals surface area (Å²) in [5, 5.41) is 0. The van der Waals surface area contributed by atoms with Gasteiger partial charge in [0.05, 0.1) is 0 Å². The van der Waals surface area contributed by atoms with Crippen molar-refractivity contribution < 1.29 is 54.2 Å². The molecule has 0 aliphatic carbocycles. The van der Waals surface area contributed by atoms with E-state index in [2.05, 4.69) is 190 Å². The molecule has 0 aromatic carbocycles. The monoisotopic (exact) mass is 1250 g/mol. The van der Waals surface area contributed by atoms with Gasteiger partial charge in [-0.25, -0.2) is 0 Å². The molecule has 0 spiro atoms. The van der Waals surface area contributed by atoms with Crippen molar-refractivity contribution in [1.82, 2.24) is 0 Å². The van der Waals surface area contributed by atoms with Gasteiger partial charge in [0.25, 0.3) is 0 Å². The largest absolute Gasteiger partial charge is 0.469 e. The van der Waals surface area contributed by atoms with E-state index in [1.165, 1.54) is 0 Å². The van der Waals surface area contributed by atoms with Gasteiger partial charge in [0, 0.05) is 24.2 Å². The Balaban J connectivity index is 8.00. The van der Waals surface area contributed by atoms with E-state index >= 15 is 0 Å². The lowest BCUT2D eigenvalue weighted by molar-refractivity contribution is 0.238. The van der Waals surface area contributed by atoms with E-state index in [1.807, 2.05) is 6.55 Å². The molecule has 1 unspecified atom stereocenters. The summed E-state index contributed by atoms with van der Waals surface area (Å²) in [5.74, 6) is 0. The molecule has 0 radical (unpaired) electrons. The molecular formula is C38H112O13Si17. The highest BCUT2D eigenvalue weighted by atomic mass is 28.5. The maximum Gasteiger partial charge on any atom is 0.469 e. The molecule has 0 saturated heterocycles. The number of hydrogen-bond donors (Lipinski definition) is 1. The Bertz CT molecular complexity index is 1340. The Labute approximate surface area is 442 Å². The molecule has 1 N–H and O–H groups in total. The average Bonchev–Trinajstić information content (AvgIpc) is 2.99. The third kappa shape index (κ3) is 33.4. The second-order valence-corrected chi connectivity index (χ2v) is 88.6. The molecule has 0 heterocycles. The van der Waals surface area contributed by atoms with E-state index in [0.717, 1.165) is 18.1 Å². The van der Waals surface area contributed by atoms with Crippen molar-refractivity contribution in [3.63, 3.8) is 0 Å². The molecule has 0 saturated carbocycles. The maximum absolute atomic E-state index is 11.2. The first kappa shape index (κ1) is 71.2. The lowest BCUT2D eigenvalue weighted by Crippen LogP contribution is -2.64. The Kier molecular flexibility index (Phi) is 28.9. The molecular weight excluding hydrogens is 1140 g/mol. The molecule has 0 amide bonds. The average molecular weight is 1250 g/mol. The molecule has 0 aliphatic rings. The van der Waals surface area contributed by atoms with Gasteiger partial charge in [-0.15, -0.1) is 0 Å². The molecule has 68 heavy (non-hydrogen) atoms. The van der Waals surface area contributed by atoms with Crippen LogP contribution in [0.5, 0.6) is 0 Å². The first-order chi connectivity index (χ1) is 29.9. The standard InChI is InChI=1S/C38H112O13Si17/c1-52(2)40-65(41-53(3)4,44-57(10,11)12)36-33-62(25,26)49-67(32-31-56(9)39,50-63(27,28)34-37-66(42-54(5)6,43-55(7)8)45-58(13,14)15)51-64(29,30)35-38-68(46-59(16,17)18,47-60(19,20)21)48-61(22,23)24/h39,52-56H,31-38H2,1-30H3. The van der Waals surface area contributed by atoms with Crippen LogP contribution in [-0.4, -0.2) is 152 Å². The van der Waals surface area contributed by atoms with Gasteiger partial charge in [-0.1, -0.05) is 0 Å². The summed E-state index contributed by atoms with van der Waals surface area (Å²) in [4.78, 5) is 11.2. The first-order valence-corrected chi connectivity index (χ1v) is 73.6. The minimum absolute atomic E-state index is 0.572. The fourth-order valence-electron chi connectivity index (χ4n) is 7.85. The van der Waals surface area contributed by atoms with Crippen LogP contribution in [0.25, 0.3) is 0 Å². The van der Waals surface area contributed by atoms with Crippen molar-refractivity contribution in [2.75, 3.05) is 0 Å². The van der Waals surface area contributed by atoms with Gasteiger partial charge in [-0.3, -0.25) is 0 Å². The maximum atomic E-state index is 11.2. The summed E-state index contributed by atoms with van der Waals surface area (Å²) in [6, 6.07) is 5.68. The summed E-state index contributed by atoms with van der Waals surface area (Å²) in [7, 11) is -39.5. The van der Waals surface area contributed by atoms with Gasteiger partial charge in [0.2, 0.25) is 0 Å². The number of rotatable bonds is 36. The van der Waals surface area contributed by atoms with E-state index in [-0.39, 0.29) is 0 Å². The summed E-state index contributed by atoms with van der Waals surface area (Å²) in [6.07, 6.45) is 0. The molecule has 13 nitrogen and oxygen atoms in total. The minimum atomic E-state index is -3.60. The highest BCUT2D eigenvalue weighted by Gasteiger charge is 2.57. The molecule has 0 aromatic rings. The van der Waals surface area contributed by atoms with Crippen LogP contribution in [0.4, 0.5) is 0 Å². The van der Waals surface area contributed by atoms with E-state index in [1.54, 1.807) is 0 Å². The van der Waals surface area contributed by atoms with E-state index in [4.69, 9.17) is 49.4 Å². The molecule has 30 heteroatoms. The van der Waals surface area contributed by atoms with Crippen LogP contribution >= 0.6 is 0 Å². The normalized spacial score (nSPS) is 15.8. The van der Waals surface area contributed by atoms with Crippen LogP contribution in [0, 0.1) is 0 Å². The highest BCUT2D eigenvalue weighted by molar-refractivity contribution is 6.94. The second-order valence-electron chi connectivity index (χ2n) is 26.9. The van der Waals surface area contributed by atoms with Gasteiger partial charge in [-0.05, 0) is 221 Å². The predicted octanol–water partition coefficient (Wildman–Crippen LogP) is 12.0. The van der Waals surface area contributed by atoms with Crippen molar-refractivity contribution >= 4 is 147 Å². The molecule has 0 rings (SSSR count). The highest BCUT2D eigenvalue weighted by Crippen LogP contribution is 2.40. The Morgan fingerprint density at radius 3 is 0.647 bits per heavy atom. The zero-order valence-electron chi connectivity index (χ0n) is 49.9. The van der Waals surface area contributed by atoms with Crippen LogP contribution < -0.4 is 0 Å². The Morgan fingerprint density at radius 1 is 0.265 bits per heavy atom. The minimum Gasteiger partial charge on any atom is -0.435 e. The number of hydrogen-bond acceptors (Lipinski definition) is 13. The van der Waals surface area contributed by atoms with Crippen LogP contribution in [0.3, 0.4) is 0 Å². The van der Waals surface area contributed by atoms with Crippen LogP contribution in [0.1, 0.15) is 0 Å². The third-order valence-corrected chi connectivity index (χ3v) is 62.4. The second kappa shape index (κ2) is 27.7. The molecule has 0 aromatic heterocycles. The molecule has 410 valence electrons. The Hall–Kier alpha value is 3.17. The zero-order valence-corrected chi connectivity index (χ0v) is 67.7. The van der Waals surface area contributed by atoms with Gasteiger partial charge >= 0.3 is 35.2 Å². The van der Waals surface area contributed by atoms with Gasteiger partial charge in [-0.2, -0.15) is 0 Å². The van der Waals surface area contributed by atoms with E-state index in [0.29, 0.717) is 30.2 Å². The lowest BCUT2D eigenvalue weighted by atomic mass is 10.9. The lowest BCUT2D eigenvalue weighted by Gasteiger charge is -2.47. The smallest absolute Gasteiger partial charge is 0.435 e. The van der Waals surface area contributed by atoms with Crippen LogP contribution in [-0.2, 0) is 49.4 Å². The van der Waals surface area contributed by atoms with Gasteiger partial charge in [0.15, 0.2) is 112 Å². The predicted molar refractivity (Wildman–Crippen MR) is 334 cm³/mol. The van der Waals surface area contributed by atoms with Crippen molar-refractivity contribution in [2.24, 2.45) is 0 Å². The van der Waals surface area contributed by atoms with Crippen LogP contribution in [0.15, 0.2) is 0 Å². The van der Waals surface area contributed by atoms with Crippen molar-refractivity contribution in [3.05, 3.63) is 0 Å². The zero-order chi connectivity index (χ0) is 54.0. The summed E-state index contributed by atoms with van der Waals surface area (Å²) >= 11 is 0. The third-order valence-electron chi connectivity index (χ3n) is 9.23. The molecule has 0 bridgehead atoms. The topological polar surface area (TPSA) is 131 Å². The first-order valence-electron chi connectivity index (χ1n) is 25.9. The van der Waals surface area contributed by atoms with Crippen LogP contribution in [0.2, 0.25) is 245 Å². The van der Waals surface area contributed by atoms with E-state index < -0.39 is 147 Å². The summed E-state index contributed by atoms with van der Waals surface area (Å²) in [6.45, 7) is 67.4. The quantitative estimate of drug-likeness (QED) is 0.0598. The fourth-order valence-corrected chi connectivity index (χ4v) is 75.7.